The monoisotopic (exact) mass is 273 g/mol. The summed E-state index contributed by atoms with van der Waals surface area (Å²) in [4.78, 5) is 16.1. The first-order chi connectivity index (χ1) is 9.36. The molecular formula is C15H19N3O2. The lowest BCUT2D eigenvalue weighted by molar-refractivity contribution is -0.115. The number of benzene rings is 1. The predicted octanol–water partition coefficient (Wildman–Crippen LogP) is 2.86. The van der Waals surface area contributed by atoms with Crippen LogP contribution < -0.4 is 5.32 Å². The Morgan fingerprint density at radius 1 is 1.30 bits per heavy atom. The van der Waals surface area contributed by atoms with Crippen molar-refractivity contribution in [3.05, 3.63) is 41.5 Å². The van der Waals surface area contributed by atoms with Gasteiger partial charge in [0.05, 0.1) is 0 Å². The lowest BCUT2D eigenvalue weighted by atomic mass is 9.86. The molecule has 5 heteroatoms. The molecule has 20 heavy (non-hydrogen) atoms. The number of carbonyl (C=O) groups excluding carboxylic acids is 1. The molecule has 0 radical (unpaired) electrons. The predicted molar refractivity (Wildman–Crippen MR) is 76.5 cm³/mol. The van der Waals surface area contributed by atoms with Crippen molar-refractivity contribution in [3.8, 4) is 0 Å². The van der Waals surface area contributed by atoms with Crippen molar-refractivity contribution in [2.45, 2.75) is 39.5 Å². The van der Waals surface area contributed by atoms with Gasteiger partial charge in [-0.1, -0.05) is 44.1 Å². The zero-order valence-corrected chi connectivity index (χ0v) is 12.2. The summed E-state index contributed by atoms with van der Waals surface area (Å²) in [5, 5.41) is 6.58. The summed E-state index contributed by atoms with van der Waals surface area (Å²) in [5.74, 6) is 0.696. The summed E-state index contributed by atoms with van der Waals surface area (Å²) in [6.07, 6.45) is 0.0827. The average Bonchev–Trinajstić information content (AvgIpc) is 2.73. The van der Waals surface area contributed by atoms with Crippen molar-refractivity contribution >= 4 is 11.6 Å². The van der Waals surface area contributed by atoms with E-state index in [0.29, 0.717) is 11.7 Å². The van der Waals surface area contributed by atoms with Gasteiger partial charge in [0.25, 0.3) is 0 Å². The average molecular weight is 273 g/mol. The number of rotatable bonds is 3. The first-order valence-electron chi connectivity index (χ1n) is 6.55. The van der Waals surface area contributed by atoms with Gasteiger partial charge in [-0.3, -0.25) is 4.79 Å². The van der Waals surface area contributed by atoms with E-state index in [1.807, 2.05) is 24.3 Å². The smallest absolute Gasteiger partial charge is 0.236 e. The van der Waals surface area contributed by atoms with Crippen LogP contribution in [0.3, 0.4) is 0 Å². The Bertz CT molecular complexity index is 612. The van der Waals surface area contributed by atoms with Gasteiger partial charge in [0, 0.05) is 5.69 Å². The molecule has 1 aromatic carbocycles. The van der Waals surface area contributed by atoms with E-state index in [-0.39, 0.29) is 17.7 Å². The van der Waals surface area contributed by atoms with Gasteiger partial charge in [0.15, 0.2) is 5.82 Å². The SMILES string of the molecule is Cc1noc(CC(=O)Nc2ccccc2C(C)(C)C)n1. The standard InChI is InChI=1S/C15H19N3O2/c1-10-16-14(20-18-10)9-13(19)17-12-8-6-5-7-11(12)15(2,3)4/h5-8H,9H2,1-4H3,(H,17,19). The summed E-state index contributed by atoms with van der Waals surface area (Å²) >= 11 is 0. The van der Waals surface area contributed by atoms with Crippen LogP contribution in [0.2, 0.25) is 0 Å². The summed E-state index contributed by atoms with van der Waals surface area (Å²) in [5.41, 5.74) is 1.88. The number of para-hydroxylation sites is 1. The van der Waals surface area contributed by atoms with Crippen LogP contribution in [0.4, 0.5) is 5.69 Å². The van der Waals surface area contributed by atoms with Crippen LogP contribution in [0.15, 0.2) is 28.8 Å². The molecule has 2 rings (SSSR count). The maximum atomic E-state index is 12.0. The molecule has 0 fully saturated rings. The number of anilines is 1. The van der Waals surface area contributed by atoms with Crippen molar-refractivity contribution in [1.29, 1.82) is 0 Å². The Hall–Kier alpha value is -2.17. The van der Waals surface area contributed by atoms with E-state index in [9.17, 15) is 4.79 Å². The summed E-state index contributed by atoms with van der Waals surface area (Å²) in [6.45, 7) is 8.05. The molecule has 0 saturated carbocycles. The van der Waals surface area contributed by atoms with Gasteiger partial charge in [-0.2, -0.15) is 4.98 Å². The minimum atomic E-state index is -0.162. The fraction of sp³-hybridized carbons (Fsp3) is 0.400. The molecule has 106 valence electrons. The molecule has 2 aromatic rings. The lowest BCUT2D eigenvalue weighted by Gasteiger charge is -2.22. The molecule has 0 aliphatic carbocycles. The number of hydrogen-bond acceptors (Lipinski definition) is 4. The van der Waals surface area contributed by atoms with E-state index in [0.717, 1.165) is 11.3 Å². The Kier molecular flexibility index (Phi) is 3.88. The van der Waals surface area contributed by atoms with Crippen molar-refractivity contribution < 1.29 is 9.32 Å². The molecule has 1 heterocycles. The zero-order valence-electron chi connectivity index (χ0n) is 12.2. The van der Waals surface area contributed by atoms with Crippen molar-refractivity contribution in [1.82, 2.24) is 10.1 Å². The maximum Gasteiger partial charge on any atom is 0.236 e. The van der Waals surface area contributed by atoms with E-state index < -0.39 is 0 Å². The number of carbonyl (C=O) groups is 1. The van der Waals surface area contributed by atoms with Crippen LogP contribution in [0.5, 0.6) is 0 Å². The zero-order chi connectivity index (χ0) is 14.8. The van der Waals surface area contributed by atoms with Crippen LogP contribution in [-0.4, -0.2) is 16.0 Å². The third kappa shape index (κ3) is 3.44. The van der Waals surface area contributed by atoms with Gasteiger partial charge in [-0.15, -0.1) is 0 Å². The van der Waals surface area contributed by atoms with Crippen LogP contribution in [-0.2, 0) is 16.6 Å². The summed E-state index contributed by atoms with van der Waals surface area (Å²) in [7, 11) is 0. The molecular weight excluding hydrogens is 254 g/mol. The number of aryl methyl sites for hydroxylation is 1. The Morgan fingerprint density at radius 3 is 2.60 bits per heavy atom. The highest BCUT2D eigenvalue weighted by atomic mass is 16.5. The molecule has 0 unspecified atom stereocenters. The van der Waals surface area contributed by atoms with Gasteiger partial charge < -0.3 is 9.84 Å². The first kappa shape index (κ1) is 14.2. The second-order valence-corrected chi connectivity index (χ2v) is 5.76. The fourth-order valence-corrected chi connectivity index (χ4v) is 1.99. The van der Waals surface area contributed by atoms with E-state index >= 15 is 0 Å². The fourth-order valence-electron chi connectivity index (χ4n) is 1.99. The number of amides is 1. The highest BCUT2D eigenvalue weighted by Gasteiger charge is 2.19. The Morgan fingerprint density at radius 2 is 2.00 bits per heavy atom. The third-order valence-electron chi connectivity index (χ3n) is 2.89. The van der Waals surface area contributed by atoms with Gasteiger partial charge in [0.1, 0.15) is 6.42 Å². The normalized spacial score (nSPS) is 11.4. The van der Waals surface area contributed by atoms with Crippen LogP contribution >= 0.6 is 0 Å². The van der Waals surface area contributed by atoms with E-state index in [1.54, 1.807) is 6.92 Å². The van der Waals surface area contributed by atoms with Gasteiger partial charge in [-0.05, 0) is 24.0 Å². The number of hydrogen-bond donors (Lipinski definition) is 1. The topological polar surface area (TPSA) is 68.0 Å². The molecule has 0 bridgehead atoms. The highest BCUT2D eigenvalue weighted by Crippen LogP contribution is 2.29. The second-order valence-electron chi connectivity index (χ2n) is 5.76. The molecule has 0 spiro atoms. The molecule has 1 amide bonds. The second kappa shape index (κ2) is 5.45. The van der Waals surface area contributed by atoms with Crippen LogP contribution in [0.25, 0.3) is 0 Å². The largest absolute Gasteiger partial charge is 0.339 e. The minimum absolute atomic E-state index is 0.0368. The number of nitrogens with zero attached hydrogens (tertiary/aromatic N) is 2. The maximum absolute atomic E-state index is 12.0. The van der Waals surface area contributed by atoms with Gasteiger partial charge in [0.2, 0.25) is 11.8 Å². The molecule has 1 N–H and O–H groups in total. The van der Waals surface area contributed by atoms with Gasteiger partial charge >= 0.3 is 0 Å². The lowest BCUT2D eigenvalue weighted by Crippen LogP contribution is -2.20. The van der Waals surface area contributed by atoms with Gasteiger partial charge in [-0.25, -0.2) is 0 Å². The Labute approximate surface area is 118 Å². The van der Waals surface area contributed by atoms with E-state index in [1.165, 1.54) is 0 Å². The van der Waals surface area contributed by atoms with E-state index in [4.69, 9.17) is 4.52 Å². The van der Waals surface area contributed by atoms with Crippen molar-refractivity contribution in [2.24, 2.45) is 0 Å². The van der Waals surface area contributed by atoms with Crippen molar-refractivity contribution in [2.75, 3.05) is 5.32 Å². The molecule has 0 saturated heterocycles. The molecule has 5 nitrogen and oxygen atoms in total. The number of nitrogens with one attached hydrogen (secondary N) is 1. The molecule has 1 aromatic heterocycles. The van der Waals surface area contributed by atoms with Crippen LogP contribution in [0.1, 0.15) is 38.0 Å². The minimum Gasteiger partial charge on any atom is -0.339 e. The quantitative estimate of drug-likeness (QED) is 0.933. The third-order valence-corrected chi connectivity index (χ3v) is 2.89. The van der Waals surface area contributed by atoms with Crippen LogP contribution in [0, 0.1) is 6.92 Å². The molecule has 0 aliphatic heterocycles. The van der Waals surface area contributed by atoms with Crippen molar-refractivity contribution in [3.63, 3.8) is 0 Å². The molecule has 0 aliphatic rings. The Balaban J connectivity index is 2.12. The molecule has 0 atom stereocenters. The summed E-state index contributed by atoms with van der Waals surface area (Å²) in [6, 6.07) is 7.79. The highest BCUT2D eigenvalue weighted by molar-refractivity contribution is 5.92. The first-order valence-corrected chi connectivity index (χ1v) is 6.55. The summed E-state index contributed by atoms with van der Waals surface area (Å²) < 4.78 is 4.95. The van der Waals surface area contributed by atoms with E-state index in [2.05, 4.69) is 36.2 Å². The number of aromatic nitrogens is 2.